The van der Waals surface area contributed by atoms with Crippen LogP contribution >= 0.6 is 80.3 Å². The molecule has 6 fully saturated rings. The second kappa shape index (κ2) is 32.7. The lowest BCUT2D eigenvalue weighted by Gasteiger charge is -2.47. The largest absolute Gasteiger partial charge is 0.389 e. The van der Waals surface area contributed by atoms with Crippen molar-refractivity contribution >= 4 is 111 Å². The molecule has 10 rings (SSSR count). The first-order valence-electron chi connectivity index (χ1n) is 30.4. The van der Waals surface area contributed by atoms with Crippen molar-refractivity contribution < 1.29 is 28.4 Å². The van der Waals surface area contributed by atoms with E-state index in [1.807, 2.05) is 74.5 Å². The molecule has 22 heteroatoms. The van der Waals surface area contributed by atoms with Gasteiger partial charge in [-0.15, -0.1) is 0 Å². The number of nitrogens with zero attached hydrogens (tertiary/aromatic N) is 6. The molecule has 0 radical (unpaired) electrons. The number of piperidine rings is 2. The van der Waals surface area contributed by atoms with Gasteiger partial charge in [-0.2, -0.15) is 0 Å². The fraction of sp³-hybridized carbons (Fsp3) is 0.613. The Labute approximate surface area is 539 Å². The van der Waals surface area contributed by atoms with Gasteiger partial charge in [-0.05, 0) is 182 Å². The van der Waals surface area contributed by atoms with Crippen molar-refractivity contribution in [2.24, 2.45) is 11.8 Å². The first kappa shape index (κ1) is 69.6. The second-order valence-electron chi connectivity index (χ2n) is 23.1. The van der Waals surface area contributed by atoms with Crippen LogP contribution in [0.4, 0.5) is 11.4 Å². The van der Waals surface area contributed by atoms with Crippen molar-refractivity contribution in [1.82, 2.24) is 24.3 Å². The number of hydrogen-bond acceptors (Lipinski definition) is 12. The molecule has 0 spiro atoms. The van der Waals surface area contributed by atoms with E-state index in [-0.39, 0.29) is 28.5 Å². The number of hydrogen-bond donors (Lipinski definition) is 3. The van der Waals surface area contributed by atoms with Crippen LogP contribution in [0.25, 0.3) is 0 Å². The normalized spacial score (nSPS) is 22.1. The van der Waals surface area contributed by atoms with Gasteiger partial charge in [0.05, 0.1) is 55.2 Å². The zero-order valence-corrected chi connectivity index (χ0v) is 56.6. The molecule has 84 heavy (non-hydrogen) atoms. The molecular formula is C62H90Cl7N7O6S2. The molecular weight excluding hydrogens is 1250 g/mol. The van der Waals surface area contributed by atoms with Crippen molar-refractivity contribution in [2.75, 3.05) is 108 Å². The van der Waals surface area contributed by atoms with E-state index in [0.717, 1.165) is 106 Å². The van der Waals surface area contributed by atoms with Crippen LogP contribution in [0.1, 0.15) is 124 Å². The summed E-state index contributed by atoms with van der Waals surface area (Å²) >= 11 is 37.8. The Morgan fingerprint density at radius 1 is 0.560 bits per heavy atom. The van der Waals surface area contributed by atoms with Gasteiger partial charge in [-0.25, -0.2) is 21.1 Å². The quantitative estimate of drug-likeness (QED) is 0.0920. The van der Waals surface area contributed by atoms with Crippen molar-refractivity contribution in [1.29, 1.82) is 0 Å². The van der Waals surface area contributed by atoms with Crippen LogP contribution in [0.5, 0.6) is 0 Å². The van der Waals surface area contributed by atoms with Crippen LogP contribution in [-0.2, 0) is 19.1 Å². The molecule has 4 aromatic carbocycles. The molecule has 3 N–H and O–H groups in total. The van der Waals surface area contributed by atoms with Gasteiger partial charge in [0.25, 0.3) is 0 Å². The number of nitrogens with one attached hydrogen (secondary N) is 1. The number of β-amino-alcohol motifs (C(OH)–C–C–N with tert-alkyl or cyclic N) is 2. The lowest BCUT2D eigenvalue weighted by Crippen LogP contribution is -2.56. The average Bonchev–Trinajstić information content (AvgIpc) is 2.63. The number of halogens is 7. The van der Waals surface area contributed by atoms with Gasteiger partial charge >= 0.3 is 0 Å². The van der Waals surface area contributed by atoms with E-state index in [9.17, 15) is 27.0 Å². The number of rotatable bonds is 16. The van der Waals surface area contributed by atoms with Crippen molar-refractivity contribution in [3.05, 3.63) is 126 Å². The van der Waals surface area contributed by atoms with Crippen molar-refractivity contribution in [2.45, 2.75) is 134 Å². The molecule has 0 bridgehead atoms. The van der Waals surface area contributed by atoms with E-state index < -0.39 is 30.3 Å². The van der Waals surface area contributed by atoms with Crippen molar-refractivity contribution in [3.8, 4) is 0 Å². The molecule has 4 atom stereocenters. The number of aliphatic hydroxyl groups is 2. The van der Waals surface area contributed by atoms with Gasteiger partial charge in [-0.3, -0.25) is 9.80 Å². The Morgan fingerprint density at radius 2 is 0.929 bits per heavy atom. The predicted octanol–water partition coefficient (Wildman–Crippen LogP) is 13.8. The molecule has 2 saturated carbocycles. The summed E-state index contributed by atoms with van der Waals surface area (Å²) in [6.07, 6.45) is 6.48. The minimum atomic E-state index is -3.16. The molecule has 4 aromatic rings. The molecule has 470 valence electrons. The summed E-state index contributed by atoms with van der Waals surface area (Å²) in [6.45, 7) is 25.2. The Balaban J connectivity index is 0.000000215. The molecule has 4 saturated heterocycles. The Kier molecular flexibility index (Phi) is 27.1. The lowest BCUT2D eigenvalue weighted by molar-refractivity contribution is -0.0487. The van der Waals surface area contributed by atoms with Crippen LogP contribution in [-0.4, -0.2) is 166 Å². The highest BCUT2D eigenvalue weighted by Crippen LogP contribution is 2.41. The first-order valence-corrected chi connectivity index (χ1v) is 35.9. The van der Waals surface area contributed by atoms with Gasteiger partial charge in [-0.1, -0.05) is 128 Å². The smallest absolute Gasteiger partial charge is 0.235 e. The van der Waals surface area contributed by atoms with Crippen LogP contribution in [0.3, 0.4) is 0 Å². The summed E-state index contributed by atoms with van der Waals surface area (Å²) in [5.74, 6) is 0.377. The van der Waals surface area contributed by atoms with Crippen LogP contribution < -0.4 is 15.1 Å². The van der Waals surface area contributed by atoms with Gasteiger partial charge in [0.15, 0.2) is 0 Å². The third-order valence-corrected chi connectivity index (χ3v) is 23.1. The minimum absolute atomic E-state index is 0.0195. The third-order valence-electron chi connectivity index (χ3n) is 17.1. The SMILES string of the molecule is CC(O)(CN1CCN(c2ccc(Cl)cc2Cl)C(c2ccc(Cl)cc2)C1)C1CCN(S(=O)(=O)C2CC2)CC1.CC(O)(CN1CCN(c2ccc(Cl)cc2Cl)C(c2ccc(Cl)cc2)C1)C1CCNCC1.CCN(CC)CC.O=S(=O)(Cl)C1CC1.[2H]CC. The number of piperazine rings is 2. The van der Waals surface area contributed by atoms with E-state index in [1.54, 1.807) is 23.4 Å². The van der Waals surface area contributed by atoms with Gasteiger partial charge in [0.1, 0.15) is 0 Å². The maximum atomic E-state index is 12.6. The van der Waals surface area contributed by atoms with Gasteiger partial charge in [0.2, 0.25) is 19.1 Å². The predicted molar refractivity (Wildman–Crippen MR) is 355 cm³/mol. The lowest BCUT2D eigenvalue weighted by atomic mass is 9.81. The van der Waals surface area contributed by atoms with Gasteiger partial charge in [0, 0.05) is 97.6 Å². The molecule has 2 aliphatic carbocycles. The summed E-state index contributed by atoms with van der Waals surface area (Å²) in [5.41, 5.74) is 2.60. The number of benzene rings is 4. The Morgan fingerprint density at radius 3 is 1.25 bits per heavy atom. The molecule has 0 aromatic heterocycles. The van der Waals surface area contributed by atoms with E-state index in [2.05, 4.69) is 62.7 Å². The average molecular weight is 1340 g/mol. The fourth-order valence-corrected chi connectivity index (χ4v) is 16.2. The summed E-state index contributed by atoms with van der Waals surface area (Å²) in [4.78, 5) is 11.7. The number of anilines is 2. The highest BCUT2D eigenvalue weighted by molar-refractivity contribution is 8.14. The third kappa shape index (κ3) is 20.6. The molecule has 4 aliphatic heterocycles. The van der Waals surface area contributed by atoms with Crippen molar-refractivity contribution in [3.63, 3.8) is 0 Å². The molecule has 4 unspecified atom stereocenters. The summed E-state index contributed by atoms with van der Waals surface area (Å²) in [6, 6.07) is 27.3. The Bertz CT molecular complexity index is 2910. The van der Waals surface area contributed by atoms with Crippen LogP contribution in [0.15, 0.2) is 84.9 Å². The molecule has 4 heterocycles. The summed E-state index contributed by atoms with van der Waals surface area (Å²) in [5, 5.41) is 29.8. The zero-order valence-electron chi connectivity index (χ0n) is 50.7. The topological polar surface area (TPSA) is 140 Å². The number of sulfonamides is 1. The summed E-state index contributed by atoms with van der Waals surface area (Å²) in [7, 11) is -1.41. The van der Waals surface area contributed by atoms with E-state index >= 15 is 0 Å². The standard InChI is InChI=1S/C27H34Cl3N3O3S.C24H30Cl3N3O.C6H15N.C3H5ClO2S.C2H6/c1-27(34,20-10-12-32(13-11-20)37(35,36)23-7-8-23)18-31-14-15-33(25-9-6-22(29)16-24(25)30)26(17-31)19-2-4-21(28)5-3-19;1-24(31,18-8-10-28-11-9-18)16-29-12-13-30(22-7-6-20(26)14-21(22)27)23(15-29)17-2-4-19(25)5-3-17;1-4-7(5-2)6-3;4-7(5,6)3-1-2-3;1-2/h2-6,9,16,20,23,26,34H,7-8,10-15,17-18H2,1H3;2-7,14,18,23,28,31H,8-13,15-16H2,1H3;4-6H2,1-3H3;3H,1-2H2;1-2H3/i;;;;1D. The monoisotopic (exact) mass is 1340 g/mol. The fourth-order valence-electron chi connectivity index (χ4n) is 11.8. The molecule has 6 aliphatic rings. The zero-order chi connectivity index (χ0) is 62.3. The van der Waals surface area contributed by atoms with E-state index in [0.29, 0.717) is 83.5 Å². The van der Waals surface area contributed by atoms with Crippen LogP contribution in [0, 0.1) is 11.8 Å². The second-order valence-corrected chi connectivity index (χ2v) is 30.8. The van der Waals surface area contributed by atoms with E-state index in [1.165, 1.54) is 25.2 Å². The Hall–Kier alpha value is -1.87. The highest BCUT2D eigenvalue weighted by Gasteiger charge is 2.45. The molecule has 0 amide bonds. The first-order chi connectivity index (χ1) is 40.2. The van der Waals surface area contributed by atoms with Crippen LogP contribution in [0.2, 0.25) is 30.1 Å². The summed E-state index contributed by atoms with van der Waals surface area (Å²) < 4.78 is 53.4. The highest BCUT2D eigenvalue weighted by atomic mass is 35.7. The maximum absolute atomic E-state index is 12.6. The van der Waals surface area contributed by atoms with E-state index in [4.69, 9.17) is 81.7 Å². The van der Waals surface area contributed by atoms with Gasteiger partial charge < -0.3 is 30.2 Å². The maximum Gasteiger partial charge on any atom is 0.235 e. The minimum Gasteiger partial charge on any atom is -0.389 e. The molecule has 13 nitrogen and oxygen atoms in total.